The van der Waals surface area contributed by atoms with E-state index in [-0.39, 0.29) is 11.9 Å². The van der Waals surface area contributed by atoms with Crippen molar-refractivity contribution in [3.8, 4) is 5.75 Å². The molecule has 1 aliphatic heterocycles. The lowest BCUT2D eigenvalue weighted by Gasteiger charge is -2.36. The maximum atomic E-state index is 12.6. The predicted octanol–water partition coefficient (Wildman–Crippen LogP) is 2.44. The molecule has 4 rings (SSSR count). The molecule has 158 valence electrons. The van der Waals surface area contributed by atoms with Gasteiger partial charge in [-0.05, 0) is 42.8 Å². The monoisotopic (exact) mass is 407 g/mol. The van der Waals surface area contributed by atoms with Gasteiger partial charge in [0, 0.05) is 62.1 Å². The number of hydrogen-bond donors (Lipinski definition) is 2. The number of benzene rings is 1. The zero-order valence-electron chi connectivity index (χ0n) is 17.6. The number of aromatic amines is 1. The van der Waals surface area contributed by atoms with Crippen LogP contribution in [-0.2, 0) is 11.2 Å². The lowest BCUT2D eigenvalue weighted by Crippen LogP contribution is -2.51. The number of aromatic nitrogens is 2. The van der Waals surface area contributed by atoms with E-state index in [0.29, 0.717) is 6.42 Å². The average Bonchev–Trinajstić information content (AvgIpc) is 3.16. The Morgan fingerprint density at radius 3 is 2.80 bits per heavy atom. The highest BCUT2D eigenvalue weighted by atomic mass is 16.5. The van der Waals surface area contributed by atoms with Crippen LogP contribution < -0.4 is 15.0 Å². The highest BCUT2D eigenvalue weighted by molar-refractivity contribution is 5.89. The lowest BCUT2D eigenvalue weighted by molar-refractivity contribution is -0.121. The summed E-state index contributed by atoms with van der Waals surface area (Å²) in [7, 11) is 1.65. The fourth-order valence-electron chi connectivity index (χ4n) is 4.06. The molecule has 30 heavy (non-hydrogen) atoms. The van der Waals surface area contributed by atoms with Crippen LogP contribution in [0.25, 0.3) is 10.9 Å². The average molecular weight is 408 g/mol. The summed E-state index contributed by atoms with van der Waals surface area (Å²) in [5, 5.41) is 4.18. The Bertz CT molecular complexity index is 980. The van der Waals surface area contributed by atoms with Gasteiger partial charge in [-0.25, -0.2) is 4.98 Å². The first-order valence-electron chi connectivity index (χ1n) is 10.4. The molecule has 1 aromatic carbocycles. The molecule has 1 fully saturated rings. The van der Waals surface area contributed by atoms with Crippen molar-refractivity contribution in [2.24, 2.45) is 0 Å². The molecular formula is C23H29N5O2. The third-order valence-corrected chi connectivity index (χ3v) is 5.61. The Labute approximate surface area is 177 Å². The van der Waals surface area contributed by atoms with Crippen LogP contribution in [0, 0.1) is 0 Å². The van der Waals surface area contributed by atoms with Crippen molar-refractivity contribution >= 4 is 22.6 Å². The molecule has 0 aliphatic carbocycles. The number of piperazine rings is 1. The van der Waals surface area contributed by atoms with Crippen molar-refractivity contribution in [2.75, 3.05) is 44.7 Å². The molecule has 7 nitrogen and oxygen atoms in total. The van der Waals surface area contributed by atoms with Crippen molar-refractivity contribution < 1.29 is 9.53 Å². The van der Waals surface area contributed by atoms with Crippen LogP contribution in [0.2, 0.25) is 0 Å². The Morgan fingerprint density at radius 2 is 2.07 bits per heavy atom. The molecule has 0 bridgehead atoms. The Morgan fingerprint density at radius 1 is 1.23 bits per heavy atom. The summed E-state index contributed by atoms with van der Waals surface area (Å²) in [5.74, 6) is 1.87. The molecule has 0 spiro atoms. The maximum Gasteiger partial charge on any atom is 0.224 e. The number of nitrogens with zero attached hydrogens (tertiary/aromatic N) is 3. The summed E-state index contributed by atoms with van der Waals surface area (Å²) in [6.07, 6.45) is 4.10. The van der Waals surface area contributed by atoms with Crippen molar-refractivity contribution in [3.63, 3.8) is 0 Å². The Kier molecular flexibility index (Phi) is 6.18. The SMILES string of the molecule is COc1ccc2[nH]cc(CC(=O)N[C@@H](C)CN3CCN(c4ccccn4)CC3)c2c1. The second kappa shape index (κ2) is 9.17. The number of carbonyl (C=O) groups is 1. The molecular weight excluding hydrogens is 378 g/mol. The van der Waals surface area contributed by atoms with E-state index in [4.69, 9.17) is 4.74 Å². The minimum absolute atomic E-state index is 0.0401. The van der Waals surface area contributed by atoms with Crippen molar-refractivity contribution in [3.05, 3.63) is 54.4 Å². The van der Waals surface area contributed by atoms with Crippen LogP contribution in [0.3, 0.4) is 0 Å². The van der Waals surface area contributed by atoms with Crippen LogP contribution >= 0.6 is 0 Å². The van der Waals surface area contributed by atoms with E-state index < -0.39 is 0 Å². The van der Waals surface area contributed by atoms with Crippen molar-refractivity contribution in [2.45, 2.75) is 19.4 Å². The van der Waals surface area contributed by atoms with Gasteiger partial charge in [-0.2, -0.15) is 0 Å². The van der Waals surface area contributed by atoms with Gasteiger partial charge < -0.3 is 19.9 Å². The first-order valence-corrected chi connectivity index (χ1v) is 10.4. The first-order chi connectivity index (χ1) is 14.6. The number of methoxy groups -OCH3 is 1. The molecule has 1 saturated heterocycles. The highest BCUT2D eigenvalue weighted by Crippen LogP contribution is 2.24. The van der Waals surface area contributed by atoms with Gasteiger partial charge in [0.1, 0.15) is 11.6 Å². The van der Waals surface area contributed by atoms with E-state index in [1.165, 1.54) is 0 Å². The van der Waals surface area contributed by atoms with E-state index >= 15 is 0 Å². The molecule has 2 N–H and O–H groups in total. The summed E-state index contributed by atoms with van der Waals surface area (Å²) in [6.45, 7) is 6.77. The van der Waals surface area contributed by atoms with Crippen molar-refractivity contribution in [1.82, 2.24) is 20.2 Å². The van der Waals surface area contributed by atoms with Gasteiger partial charge in [-0.3, -0.25) is 9.69 Å². The third-order valence-electron chi connectivity index (χ3n) is 5.61. The van der Waals surface area contributed by atoms with Crippen molar-refractivity contribution in [1.29, 1.82) is 0 Å². The van der Waals surface area contributed by atoms with E-state index in [0.717, 1.165) is 60.8 Å². The zero-order valence-corrected chi connectivity index (χ0v) is 17.6. The molecule has 0 saturated carbocycles. The Balaban J connectivity index is 1.26. The van der Waals surface area contributed by atoms with Crippen LogP contribution in [0.15, 0.2) is 48.8 Å². The number of pyridine rings is 1. The molecule has 1 amide bonds. The number of ether oxygens (including phenoxy) is 1. The molecule has 1 aliphatic rings. The van der Waals surface area contributed by atoms with Gasteiger partial charge in [0.15, 0.2) is 0 Å². The summed E-state index contributed by atoms with van der Waals surface area (Å²) < 4.78 is 5.31. The molecule has 0 radical (unpaired) electrons. The topological polar surface area (TPSA) is 73.5 Å². The minimum atomic E-state index is 0.0401. The van der Waals surface area contributed by atoms with Crippen LogP contribution in [0.5, 0.6) is 5.75 Å². The quantitative estimate of drug-likeness (QED) is 0.629. The van der Waals surface area contributed by atoms with Crippen LogP contribution in [0.4, 0.5) is 5.82 Å². The smallest absolute Gasteiger partial charge is 0.224 e. The Hall–Kier alpha value is -3.06. The standard InChI is InChI=1S/C23H29N5O2/c1-17(16-27-9-11-28(12-10-27)22-5-3-4-8-24-22)26-23(29)13-18-15-25-21-7-6-19(30-2)14-20(18)21/h3-8,14-15,17,25H,9-13,16H2,1-2H3,(H,26,29)/t17-/m0/s1. The second-order valence-electron chi connectivity index (χ2n) is 7.85. The van der Waals surface area contributed by atoms with E-state index in [2.05, 4.69) is 38.1 Å². The van der Waals surface area contributed by atoms with E-state index in [9.17, 15) is 4.79 Å². The largest absolute Gasteiger partial charge is 0.497 e. The fraction of sp³-hybridized carbons (Fsp3) is 0.391. The van der Waals surface area contributed by atoms with Gasteiger partial charge in [-0.1, -0.05) is 6.07 Å². The number of fused-ring (bicyclic) bond motifs is 1. The number of H-pyrrole nitrogens is 1. The zero-order chi connectivity index (χ0) is 20.9. The van der Waals surface area contributed by atoms with E-state index in [1.807, 2.05) is 42.7 Å². The molecule has 3 heterocycles. The minimum Gasteiger partial charge on any atom is -0.497 e. The van der Waals surface area contributed by atoms with E-state index in [1.54, 1.807) is 7.11 Å². The van der Waals surface area contributed by atoms with Crippen LogP contribution in [-0.4, -0.2) is 66.7 Å². The number of hydrogen-bond acceptors (Lipinski definition) is 5. The second-order valence-corrected chi connectivity index (χ2v) is 7.85. The first kappa shape index (κ1) is 20.2. The summed E-state index contributed by atoms with van der Waals surface area (Å²) in [5.41, 5.74) is 2.00. The number of nitrogens with one attached hydrogen (secondary N) is 2. The highest BCUT2D eigenvalue weighted by Gasteiger charge is 2.20. The molecule has 0 unspecified atom stereocenters. The molecule has 1 atom stereocenters. The predicted molar refractivity (Wildman–Crippen MR) is 119 cm³/mol. The third kappa shape index (κ3) is 4.74. The summed E-state index contributed by atoms with van der Waals surface area (Å²) >= 11 is 0. The van der Waals surface area contributed by atoms with Gasteiger partial charge in [0.05, 0.1) is 13.5 Å². The maximum absolute atomic E-state index is 12.6. The lowest BCUT2D eigenvalue weighted by atomic mass is 10.1. The molecule has 3 aromatic rings. The number of rotatable bonds is 7. The van der Waals surface area contributed by atoms with Gasteiger partial charge in [-0.15, -0.1) is 0 Å². The van der Waals surface area contributed by atoms with Crippen LogP contribution in [0.1, 0.15) is 12.5 Å². The molecule has 2 aromatic heterocycles. The van der Waals surface area contributed by atoms with Gasteiger partial charge in [0.25, 0.3) is 0 Å². The molecule has 7 heteroatoms. The number of carbonyl (C=O) groups excluding carboxylic acids is 1. The summed E-state index contributed by atoms with van der Waals surface area (Å²) in [6, 6.07) is 12.0. The van der Waals surface area contributed by atoms with Gasteiger partial charge in [0.2, 0.25) is 5.91 Å². The number of amides is 1. The normalized spacial score (nSPS) is 15.9. The van der Waals surface area contributed by atoms with Gasteiger partial charge >= 0.3 is 0 Å². The number of anilines is 1. The fourth-order valence-corrected chi connectivity index (χ4v) is 4.06. The summed E-state index contributed by atoms with van der Waals surface area (Å²) in [4.78, 5) is 25.0.